The molecule has 0 spiro atoms. The van der Waals surface area contributed by atoms with Gasteiger partial charge in [-0.2, -0.15) is 0 Å². The lowest BCUT2D eigenvalue weighted by Crippen LogP contribution is -2.16. The lowest BCUT2D eigenvalue weighted by Gasteiger charge is -2.26. The number of benzene rings is 1. The van der Waals surface area contributed by atoms with E-state index in [1.165, 1.54) is 5.56 Å². The van der Waals surface area contributed by atoms with Crippen LogP contribution in [0, 0.1) is 0 Å². The van der Waals surface area contributed by atoms with Gasteiger partial charge in [-0.3, -0.25) is 0 Å². The van der Waals surface area contributed by atoms with Crippen molar-refractivity contribution in [3.8, 4) is 0 Å². The van der Waals surface area contributed by atoms with Gasteiger partial charge >= 0.3 is 0 Å². The van der Waals surface area contributed by atoms with Gasteiger partial charge in [0.15, 0.2) is 0 Å². The zero-order valence-electron chi connectivity index (χ0n) is 10.9. The summed E-state index contributed by atoms with van der Waals surface area (Å²) in [6.45, 7) is 12.8. The van der Waals surface area contributed by atoms with Crippen LogP contribution < -0.4 is 0 Å². The van der Waals surface area contributed by atoms with Gasteiger partial charge in [0.25, 0.3) is 0 Å². The highest BCUT2D eigenvalue weighted by Gasteiger charge is 2.24. The van der Waals surface area contributed by atoms with Crippen molar-refractivity contribution in [1.82, 2.24) is 0 Å². The number of hydrogen-bond acceptors (Lipinski definition) is 0. The molecule has 0 N–H and O–H groups in total. The van der Waals surface area contributed by atoms with Crippen LogP contribution in [0.1, 0.15) is 52.7 Å². The fourth-order valence-corrected chi connectivity index (χ4v) is 2.78. The Hall–Kier alpha value is -0.200. The Balaban J connectivity index is 3.41. The van der Waals surface area contributed by atoms with E-state index in [0.717, 1.165) is 15.6 Å². The van der Waals surface area contributed by atoms with Gasteiger partial charge < -0.3 is 0 Å². The second-order valence-electron chi connectivity index (χ2n) is 6.31. The molecule has 0 nitrogen and oxygen atoms in total. The first-order valence-corrected chi connectivity index (χ1v) is 6.29. The highest BCUT2D eigenvalue weighted by Crippen LogP contribution is 2.38. The Morgan fingerprint density at radius 1 is 0.750 bits per heavy atom. The minimum atomic E-state index is -0.0232. The Bertz CT molecular complexity index is 369. The second-order valence-corrected chi connectivity index (χ2v) is 7.13. The van der Waals surface area contributed by atoms with Crippen molar-refractivity contribution in [1.29, 1.82) is 0 Å². The fourth-order valence-electron chi connectivity index (χ4n) is 1.72. The third kappa shape index (κ3) is 2.93. The molecule has 0 amide bonds. The first kappa shape index (κ1) is 13.9. The quantitative estimate of drug-likeness (QED) is 0.569. The molecule has 1 rings (SSSR count). The highest BCUT2D eigenvalue weighted by atomic mass is 35.5. The van der Waals surface area contributed by atoms with Gasteiger partial charge in [-0.05, 0) is 34.1 Å². The molecule has 0 fully saturated rings. The standard InChI is InChI=1S/C14H20Cl2/c1-13(2,3)9-7-10(15)12(11(16)8-9)14(4,5)6/h7-8H,1-6H3. The van der Waals surface area contributed by atoms with E-state index < -0.39 is 0 Å². The summed E-state index contributed by atoms with van der Waals surface area (Å²) in [4.78, 5) is 0. The molecule has 0 saturated heterocycles. The monoisotopic (exact) mass is 258 g/mol. The topological polar surface area (TPSA) is 0 Å². The molecule has 0 heterocycles. The molecule has 90 valence electrons. The average molecular weight is 259 g/mol. The summed E-state index contributed by atoms with van der Waals surface area (Å²) in [6.07, 6.45) is 0. The molecule has 0 saturated carbocycles. The zero-order valence-corrected chi connectivity index (χ0v) is 12.4. The maximum Gasteiger partial charge on any atom is 0.0461 e. The third-order valence-electron chi connectivity index (χ3n) is 2.66. The summed E-state index contributed by atoms with van der Waals surface area (Å²) in [5, 5.41) is 1.54. The van der Waals surface area contributed by atoms with Crippen LogP contribution in [0.5, 0.6) is 0 Å². The van der Waals surface area contributed by atoms with Gasteiger partial charge in [0.2, 0.25) is 0 Å². The van der Waals surface area contributed by atoms with Crippen molar-refractivity contribution in [2.75, 3.05) is 0 Å². The first-order chi connectivity index (χ1) is 7.03. The first-order valence-electron chi connectivity index (χ1n) is 5.53. The van der Waals surface area contributed by atoms with Crippen molar-refractivity contribution in [2.45, 2.75) is 52.4 Å². The largest absolute Gasteiger partial charge is 0.0840 e. The molecule has 1 aromatic carbocycles. The minimum Gasteiger partial charge on any atom is -0.0840 e. The summed E-state index contributed by atoms with van der Waals surface area (Å²) in [5.41, 5.74) is 2.26. The van der Waals surface area contributed by atoms with Crippen LogP contribution in [0.15, 0.2) is 12.1 Å². The van der Waals surface area contributed by atoms with Crippen LogP contribution in [0.25, 0.3) is 0 Å². The van der Waals surface area contributed by atoms with Gasteiger partial charge in [0, 0.05) is 10.0 Å². The van der Waals surface area contributed by atoms with E-state index in [4.69, 9.17) is 23.2 Å². The molecule has 0 unspecified atom stereocenters. The number of rotatable bonds is 0. The maximum atomic E-state index is 6.34. The SMILES string of the molecule is CC(C)(C)c1cc(Cl)c(C(C)(C)C)c(Cl)c1. The molecular weight excluding hydrogens is 239 g/mol. The maximum absolute atomic E-state index is 6.34. The predicted octanol–water partition coefficient (Wildman–Crippen LogP) is 5.59. The van der Waals surface area contributed by atoms with Crippen LogP contribution in [-0.2, 0) is 10.8 Å². The number of hydrogen-bond donors (Lipinski definition) is 0. The second kappa shape index (κ2) is 4.23. The summed E-state index contributed by atoms with van der Waals surface area (Å²) in [5.74, 6) is 0. The van der Waals surface area contributed by atoms with E-state index in [1.807, 2.05) is 12.1 Å². The smallest absolute Gasteiger partial charge is 0.0461 e. The van der Waals surface area contributed by atoms with E-state index in [2.05, 4.69) is 41.5 Å². The van der Waals surface area contributed by atoms with Crippen LogP contribution in [-0.4, -0.2) is 0 Å². The van der Waals surface area contributed by atoms with Crippen molar-refractivity contribution < 1.29 is 0 Å². The van der Waals surface area contributed by atoms with Gasteiger partial charge in [-0.1, -0.05) is 64.7 Å². The van der Waals surface area contributed by atoms with E-state index in [9.17, 15) is 0 Å². The Labute approximate surface area is 109 Å². The zero-order chi connectivity index (χ0) is 12.7. The van der Waals surface area contributed by atoms with Crippen molar-refractivity contribution >= 4 is 23.2 Å². The number of halogens is 2. The Morgan fingerprint density at radius 3 is 1.38 bits per heavy atom. The van der Waals surface area contributed by atoms with Crippen LogP contribution in [0.3, 0.4) is 0 Å². The summed E-state index contributed by atoms with van der Waals surface area (Å²) in [6, 6.07) is 4.07. The van der Waals surface area contributed by atoms with Crippen molar-refractivity contribution in [3.05, 3.63) is 33.3 Å². The molecule has 0 aliphatic heterocycles. The molecule has 0 radical (unpaired) electrons. The molecule has 2 heteroatoms. The normalized spacial score (nSPS) is 13.0. The van der Waals surface area contributed by atoms with E-state index in [1.54, 1.807) is 0 Å². The molecule has 1 aromatic rings. The summed E-state index contributed by atoms with van der Waals surface area (Å²) >= 11 is 12.7. The van der Waals surface area contributed by atoms with Crippen LogP contribution in [0.2, 0.25) is 10.0 Å². The molecular formula is C14H20Cl2. The summed E-state index contributed by atoms with van der Waals surface area (Å²) < 4.78 is 0. The average Bonchev–Trinajstić information content (AvgIpc) is 1.97. The van der Waals surface area contributed by atoms with Gasteiger partial charge in [0.1, 0.15) is 0 Å². The van der Waals surface area contributed by atoms with Gasteiger partial charge in [-0.15, -0.1) is 0 Å². The predicted molar refractivity (Wildman–Crippen MR) is 73.9 cm³/mol. The van der Waals surface area contributed by atoms with Gasteiger partial charge in [-0.25, -0.2) is 0 Å². The van der Waals surface area contributed by atoms with E-state index >= 15 is 0 Å². The minimum absolute atomic E-state index is 0.0232. The molecule has 0 aromatic heterocycles. The summed E-state index contributed by atoms with van der Waals surface area (Å²) in [7, 11) is 0. The lowest BCUT2D eigenvalue weighted by atomic mass is 9.82. The third-order valence-corrected chi connectivity index (χ3v) is 3.25. The van der Waals surface area contributed by atoms with Crippen molar-refractivity contribution in [3.63, 3.8) is 0 Å². The van der Waals surface area contributed by atoms with Crippen LogP contribution in [0.4, 0.5) is 0 Å². The lowest BCUT2D eigenvalue weighted by molar-refractivity contribution is 0.577. The Morgan fingerprint density at radius 2 is 1.12 bits per heavy atom. The molecule has 16 heavy (non-hydrogen) atoms. The molecule has 0 bridgehead atoms. The highest BCUT2D eigenvalue weighted by molar-refractivity contribution is 6.36. The van der Waals surface area contributed by atoms with Crippen LogP contribution >= 0.6 is 23.2 Å². The fraction of sp³-hybridized carbons (Fsp3) is 0.571. The Kier molecular flexibility index (Phi) is 3.67. The molecule has 0 aliphatic carbocycles. The van der Waals surface area contributed by atoms with Gasteiger partial charge in [0.05, 0.1) is 0 Å². The van der Waals surface area contributed by atoms with Crippen molar-refractivity contribution in [2.24, 2.45) is 0 Å². The van der Waals surface area contributed by atoms with E-state index in [-0.39, 0.29) is 10.8 Å². The molecule has 0 aliphatic rings. The molecule has 0 atom stereocenters. The van der Waals surface area contributed by atoms with E-state index in [0.29, 0.717) is 0 Å².